The van der Waals surface area contributed by atoms with Crippen molar-refractivity contribution in [3.8, 4) is 0 Å². The second-order valence-corrected chi connectivity index (χ2v) is 8.87. The van der Waals surface area contributed by atoms with Gasteiger partial charge >= 0.3 is 0 Å². The molecule has 1 saturated heterocycles. The van der Waals surface area contributed by atoms with Gasteiger partial charge in [-0.1, -0.05) is 24.2 Å². The molecule has 0 N–H and O–H groups in total. The molecule has 1 unspecified atom stereocenters. The molecule has 1 atom stereocenters. The summed E-state index contributed by atoms with van der Waals surface area (Å²) in [6.07, 6.45) is 3.12. The van der Waals surface area contributed by atoms with Gasteiger partial charge in [-0.15, -0.1) is 11.3 Å². The zero-order valence-corrected chi connectivity index (χ0v) is 18.7. The molecule has 0 radical (unpaired) electrons. The summed E-state index contributed by atoms with van der Waals surface area (Å²) >= 11 is 1.69. The number of hydrogen-bond acceptors (Lipinski definition) is 7. The third kappa shape index (κ3) is 4.92. The first-order valence-corrected chi connectivity index (χ1v) is 11.6. The first-order valence-electron chi connectivity index (χ1n) is 10.8. The van der Waals surface area contributed by atoms with Crippen molar-refractivity contribution in [1.29, 1.82) is 0 Å². The van der Waals surface area contributed by atoms with Crippen LogP contribution in [-0.2, 0) is 16.0 Å². The van der Waals surface area contributed by atoms with Gasteiger partial charge < -0.3 is 14.3 Å². The van der Waals surface area contributed by atoms with Crippen LogP contribution in [0.15, 0.2) is 28.8 Å². The average molecular weight is 442 g/mol. The highest BCUT2D eigenvalue weighted by molar-refractivity contribution is 7.18. The zero-order valence-electron chi connectivity index (χ0n) is 17.9. The third-order valence-corrected chi connectivity index (χ3v) is 6.62. The van der Waals surface area contributed by atoms with E-state index in [0.29, 0.717) is 44.2 Å². The van der Waals surface area contributed by atoms with Crippen LogP contribution in [0.1, 0.15) is 55.4 Å². The molecule has 164 valence electrons. The molecule has 1 aromatic carbocycles. The van der Waals surface area contributed by atoms with E-state index >= 15 is 0 Å². The lowest BCUT2D eigenvalue weighted by atomic mass is 10.2. The van der Waals surface area contributed by atoms with Gasteiger partial charge in [-0.25, -0.2) is 4.98 Å². The van der Waals surface area contributed by atoms with Gasteiger partial charge in [0.2, 0.25) is 11.8 Å². The minimum Gasteiger partial charge on any atom is -0.340 e. The lowest BCUT2D eigenvalue weighted by Crippen LogP contribution is -2.40. The summed E-state index contributed by atoms with van der Waals surface area (Å²) in [6.45, 7) is 5.17. The first kappa shape index (κ1) is 21.4. The Morgan fingerprint density at radius 3 is 2.77 bits per heavy atom. The van der Waals surface area contributed by atoms with Gasteiger partial charge in [0, 0.05) is 25.9 Å². The maximum atomic E-state index is 13.0. The molecular formula is C22H27N5O3S. The van der Waals surface area contributed by atoms with Crippen LogP contribution in [0.2, 0.25) is 0 Å². The van der Waals surface area contributed by atoms with Crippen LogP contribution in [0.3, 0.4) is 0 Å². The Balaban J connectivity index is 1.40. The number of nitrogens with zero attached hydrogens (tertiary/aromatic N) is 5. The number of rotatable bonds is 6. The lowest BCUT2D eigenvalue weighted by molar-refractivity contribution is -0.136. The molecule has 1 aliphatic rings. The zero-order chi connectivity index (χ0) is 21.8. The molecule has 9 heteroatoms. The first-order chi connectivity index (χ1) is 15.0. The maximum absolute atomic E-state index is 13.0. The number of para-hydroxylation sites is 1. The normalized spacial score (nSPS) is 17.2. The van der Waals surface area contributed by atoms with Crippen LogP contribution < -0.4 is 0 Å². The summed E-state index contributed by atoms with van der Waals surface area (Å²) in [7, 11) is 0. The smallest absolute Gasteiger partial charge is 0.251 e. The molecule has 0 saturated carbocycles. The van der Waals surface area contributed by atoms with E-state index in [-0.39, 0.29) is 11.8 Å². The fourth-order valence-electron chi connectivity index (χ4n) is 3.95. The number of carbonyl (C=O) groups is 2. The van der Waals surface area contributed by atoms with Crippen LogP contribution in [0.5, 0.6) is 0 Å². The summed E-state index contributed by atoms with van der Waals surface area (Å²) in [5, 5.41) is 4.94. The number of aryl methyl sites for hydroxylation is 2. The topological polar surface area (TPSA) is 92.4 Å². The highest BCUT2D eigenvalue weighted by Gasteiger charge is 2.34. The van der Waals surface area contributed by atoms with Gasteiger partial charge in [-0.2, -0.15) is 4.98 Å². The number of benzene rings is 1. The van der Waals surface area contributed by atoms with Crippen molar-refractivity contribution in [1.82, 2.24) is 24.9 Å². The fourth-order valence-corrected chi connectivity index (χ4v) is 4.96. The SMILES string of the molecule is CCC(=O)N1CCCN(C(=O)CCCc2nc3ccccc3s2)CC1c1nc(C)no1. The van der Waals surface area contributed by atoms with E-state index in [9.17, 15) is 9.59 Å². The molecule has 0 aliphatic carbocycles. The minimum absolute atomic E-state index is 0.0333. The molecule has 4 rings (SSSR count). The average Bonchev–Trinajstić information content (AvgIpc) is 3.32. The van der Waals surface area contributed by atoms with Crippen molar-refractivity contribution in [2.45, 2.75) is 52.0 Å². The molecule has 2 amide bonds. The summed E-state index contributed by atoms with van der Waals surface area (Å²) in [4.78, 5) is 38.1. The van der Waals surface area contributed by atoms with Crippen molar-refractivity contribution in [2.75, 3.05) is 19.6 Å². The van der Waals surface area contributed by atoms with Crippen molar-refractivity contribution in [2.24, 2.45) is 0 Å². The van der Waals surface area contributed by atoms with E-state index in [1.165, 1.54) is 4.70 Å². The van der Waals surface area contributed by atoms with Crippen LogP contribution in [0.25, 0.3) is 10.2 Å². The van der Waals surface area contributed by atoms with Crippen LogP contribution >= 0.6 is 11.3 Å². The van der Waals surface area contributed by atoms with Gasteiger partial charge in [0.1, 0.15) is 6.04 Å². The Kier molecular flexibility index (Phi) is 6.60. The molecule has 3 heterocycles. The largest absolute Gasteiger partial charge is 0.340 e. The maximum Gasteiger partial charge on any atom is 0.251 e. The summed E-state index contributed by atoms with van der Waals surface area (Å²) in [5.41, 5.74) is 1.01. The molecular weight excluding hydrogens is 414 g/mol. The number of amides is 2. The Hall–Kier alpha value is -2.81. The van der Waals surface area contributed by atoms with Crippen LogP contribution in [0, 0.1) is 6.92 Å². The minimum atomic E-state index is -0.399. The highest BCUT2D eigenvalue weighted by Crippen LogP contribution is 2.26. The number of fused-ring (bicyclic) bond motifs is 1. The van der Waals surface area contributed by atoms with Crippen molar-refractivity contribution >= 4 is 33.4 Å². The van der Waals surface area contributed by atoms with Gasteiger partial charge in [0.05, 0.1) is 21.8 Å². The summed E-state index contributed by atoms with van der Waals surface area (Å²) in [6, 6.07) is 7.69. The number of aromatic nitrogens is 3. The van der Waals surface area contributed by atoms with E-state index in [2.05, 4.69) is 21.2 Å². The Bertz CT molecular complexity index is 1030. The van der Waals surface area contributed by atoms with Gasteiger partial charge in [-0.05, 0) is 38.3 Å². The predicted molar refractivity (Wildman–Crippen MR) is 118 cm³/mol. The molecule has 2 aromatic heterocycles. The molecule has 0 spiro atoms. The molecule has 8 nitrogen and oxygen atoms in total. The fraction of sp³-hybridized carbons (Fsp3) is 0.500. The second kappa shape index (κ2) is 9.55. The Labute approximate surface area is 185 Å². The molecule has 3 aromatic rings. The number of thiazole rings is 1. The van der Waals surface area contributed by atoms with E-state index in [1.807, 2.05) is 30.0 Å². The quantitative estimate of drug-likeness (QED) is 0.581. The second-order valence-electron chi connectivity index (χ2n) is 7.76. The van der Waals surface area contributed by atoms with Crippen LogP contribution in [0.4, 0.5) is 0 Å². The van der Waals surface area contributed by atoms with E-state index in [0.717, 1.165) is 29.8 Å². The molecule has 0 bridgehead atoms. The van der Waals surface area contributed by atoms with Crippen molar-refractivity contribution < 1.29 is 14.1 Å². The van der Waals surface area contributed by atoms with Gasteiger partial charge in [0.15, 0.2) is 5.82 Å². The molecule has 1 fully saturated rings. The van der Waals surface area contributed by atoms with Gasteiger partial charge in [-0.3, -0.25) is 9.59 Å². The Morgan fingerprint density at radius 2 is 2.03 bits per heavy atom. The van der Waals surface area contributed by atoms with Gasteiger partial charge in [0.25, 0.3) is 5.89 Å². The third-order valence-electron chi connectivity index (χ3n) is 5.52. The number of carbonyl (C=O) groups excluding carboxylic acids is 2. The monoisotopic (exact) mass is 441 g/mol. The predicted octanol–water partition coefficient (Wildman–Crippen LogP) is 3.52. The summed E-state index contributed by atoms with van der Waals surface area (Å²) < 4.78 is 6.56. The standard InChI is InChI=1S/C22H27N5O3S/c1-3-20(28)27-13-7-12-26(14-17(27)22-23-15(2)25-30-22)21(29)11-6-10-19-24-16-8-4-5-9-18(16)31-19/h4-5,8-9,17H,3,6-7,10-14H2,1-2H3. The van der Waals surface area contributed by atoms with E-state index in [1.54, 1.807) is 23.2 Å². The van der Waals surface area contributed by atoms with E-state index < -0.39 is 6.04 Å². The van der Waals surface area contributed by atoms with Crippen LogP contribution in [-0.4, -0.2) is 56.4 Å². The lowest BCUT2D eigenvalue weighted by Gasteiger charge is -2.29. The number of hydrogen-bond donors (Lipinski definition) is 0. The highest BCUT2D eigenvalue weighted by atomic mass is 32.1. The molecule has 31 heavy (non-hydrogen) atoms. The van der Waals surface area contributed by atoms with Crippen molar-refractivity contribution in [3.63, 3.8) is 0 Å². The summed E-state index contributed by atoms with van der Waals surface area (Å²) in [5.74, 6) is 1.05. The van der Waals surface area contributed by atoms with E-state index in [4.69, 9.17) is 4.52 Å². The Morgan fingerprint density at radius 1 is 1.19 bits per heavy atom. The van der Waals surface area contributed by atoms with Crippen molar-refractivity contribution in [3.05, 3.63) is 41.0 Å². The molecule has 1 aliphatic heterocycles.